The summed E-state index contributed by atoms with van der Waals surface area (Å²) in [5, 5.41) is 3.33. The van der Waals surface area contributed by atoms with Gasteiger partial charge in [0.05, 0.1) is 0 Å². The molecule has 1 unspecified atom stereocenters. The fourth-order valence-electron chi connectivity index (χ4n) is 1.95. The van der Waals surface area contributed by atoms with Crippen LogP contribution in [0.2, 0.25) is 0 Å². The van der Waals surface area contributed by atoms with Gasteiger partial charge in [0.2, 0.25) is 0 Å². The lowest BCUT2D eigenvalue weighted by Gasteiger charge is -2.31. The number of nitrogens with zero attached hydrogens (tertiary/aromatic N) is 1. The average molecular weight is 194 g/mol. The Bertz CT molecular complexity index is 336. The average Bonchev–Trinajstić information content (AvgIpc) is 2.16. The molecule has 0 aromatic heterocycles. The van der Waals surface area contributed by atoms with Crippen LogP contribution in [0.25, 0.3) is 0 Å². The zero-order chi connectivity index (χ0) is 10.1. The highest BCUT2D eigenvalue weighted by Crippen LogP contribution is 2.25. The number of hydrogen-bond donors (Lipinski definition) is 1. The predicted molar refractivity (Wildman–Crippen MR) is 54.5 cm³/mol. The second-order valence-corrected chi connectivity index (χ2v) is 3.95. The van der Waals surface area contributed by atoms with Crippen LogP contribution in [0.5, 0.6) is 0 Å². The molecule has 0 spiro atoms. The first-order chi connectivity index (χ1) is 6.68. The van der Waals surface area contributed by atoms with E-state index in [0.717, 1.165) is 18.7 Å². The summed E-state index contributed by atoms with van der Waals surface area (Å²) in [4.78, 5) is 2.12. The summed E-state index contributed by atoms with van der Waals surface area (Å²) in [5.74, 6) is -0.141. The summed E-state index contributed by atoms with van der Waals surface area (Å²) in [6, 6.07) is 5.33. The van der Waals surface area contributed by atoms with E-state index in [0.29, 0.717) is 0 Å². The Morgan fingerprint density at radius 1 is 1.43 bits per heavy atom. The van der Waals surface area contributed by atoms with Crippen LogP contribution in [0.15, 0.2) is 18.2 Å². The van der Waals surface area contributed by atoms with Crippen molar-refractivity contribution in [2.24, 2.45) is 0 Å². The summed E-state index contributed by atoms with van der Waals surface area (Å²) in [5.41, 5.74) is 2.32. The number of hydrogen-bond acceptors (Lipinski definition) is 2. The van der Waals surface area contributed by atoms with E-state index in [2.05, 4.69) is 10.2 Å². The van der Waals surface area contributed by atoms with Crippen molar-refractivity contribution in [2.75, 3.05) is 20.6 Å². The van der Waals surface area contributed by atoms with E-state index >= 15 is 0 Å². The minimum atomic E-state index is -0.141. The van der Waals surface area contributed by atoms with Gasteiger partial charge in [-0.05, 0) is 37.4 Å². The van der Waals surface area contributed by atoms with Gasteiger partial charge in [0.25, 0.3) is 0 Å². The Hall–Kier alpha value is -0.930. The van der Waals surface area contributed by atoms with Crippen LogP contribution in [-0.2, 0) is 6.54 Å². The lowest BCUT2D eigenvalue weighted by Crippen LogP contribution is -2.35. The fourth-order valence-corrected chi connectivity index (χ4v) is 1.95. The third kappa shape index (κ3) is 1.65. The van der Waals surface area contributed by atoms with E-state index < -0.39 is 0 Å². The first-order valence-electron chi connectivity index (χ1n) is 4.84. The minimum absolute atomic E-state index is 0.141. The van der Waals surface area contributed by atoms with Gasteiger partial charge >= 0.3 is 0 Å². The summed E-state index contributed by atoms with van der Waals surface area (Å²) < 4.78 is 13.1. The zero-order valence-electron chi connectivity index (χ0n) is 8.55. The van der Waals surface area contributed by atoms with Crippen molar-refractivity contribution in [3.8, 4) is 0 Å². The van der Waals surface area contributed by atoms with E-state index in [-0.39, 0.29) is 11.9 Å². The molecule has 0 saturated carbocycles. The molecule has 1 aliphatic rings. The monoisotopic (exact) mass is 194 g/mol. The van der Waals surface area contributed by atoms with Gasteiger partial charge in [0.1, 0.15) is 5.82 Å². The van der Waals surface area contributed by atoms with Gasteiger partial charge in [-0.25, -0.2) is 4.39 Å². The van der Waals surface area contributed by atoms with Crippen molar-refractivity contribution >= 4 is 0 Å². The summed E-state index contributed by atoms with van der Waals surface area (Å²) in [7, 11) is 4.04. The third-order valence-corrected chi connectivity index (χ3v) is 2.74. The van der Waals surface area contributed by atoms with Crippen molar-refractivity contribution in [3.05, 3.63) is 35.1 Å². The number of halogens is 1. The van der Waals surface area contributed by atoms with Crippen LogP contribution in [-0.4, -0.2) is 25.5 Å². The molecule has 1 N–H and O–H groups in total. The van der Waals surface area contributed by atoms with Gasteiger partial charge < -0.3 is 10.2 Å². The molecule has 14 heavy (non-hydrogen) atoms. The van der Waals surface area contributed by atoms with Gasteiger partial charge in [-0.1, -0.05) is 6.07 Å². The van der Waals surface area contributed by atoms with Crippen molar-refractivity contribution in [1.82, 2.24) is 10.2 Å². The maximum absolute atomic E-state index is 13.1. The van der Waals surface area contributed by atoms with Gasteiger partial charge in [-0.3, -0.25) is 0 Å². The van der Waals surface area contributed by atoms with E-state index in [1.807, 2.05) is 20.2 Å². The molecule has 0 radical (unpaired) electrons. The van der Waals surface area contributed by atoms with Gasteiger partial charge in [-0.15, -0.1) is 0 Å². The lowest BCUT2D eigenvalue weighted by atomic mass is 9.96. The van der Waals surface area contributed by atoms with Crippen LogP contribution >= 0.6 is 0 Å². The van der Waals surface area contributed by atoms with Crippen LogP contribution in [0, 0.1) is 5.82 Å². The normalized spacial score (nSPS) is 21.0. The predicted octanol–water partition coefficient (Wildman–Crippen LogP) is 1.53. The molecule has 1 aromatic rings. The Morgan fingerprint density at radius 2 is 2.21 bits per heavy atom. The summed E-state index contributed by atoms with van der Waals surface area (Å²) in [6.07, 6.45) is 0. The highest BCUT2D eigenvalue weighted by Gasteiger charge is 2.21. The zero-order valence-corrected chi connectivity index (χ0v) is 8.55. The summed E-state index contributed by atoms with van der Waals surface area (Å²) >= 11 is 0. The molecule has 3 heteroatoms. The largest absolute Gasteiger partial charge is 0.311 e. The molecule has 1 heterocycles. The molecule has 1 aromatic carbocycles. The standard InChI is InChI=1S/C11H15FN2/c1-14(2)11-7-13-6-8-3-4-9(12)5-10(8)11/h3-5,11,13H,6-7H2,1-2H3. The van der Waals surface area contributed by atoms with Crippen LogP contribution in [0.4, 0.5) is 4.39 Å². The molecule has 1 atom stereocenters. The molecule has 0 aliphatic carbocycles. The van der Waals surface area contributed by atoms with Crippen LogP contribution in [0.3, 0.4) is 0 Å². The first kappa shape index (κ1) is 9.62. The first-order valence-corrected chi connectivity index (χ1v) is 4.84. The van der Waals surface area contributed by atoms with Gasteiger partial charge in [-0.2, -0.15) is 0 Å². The van der Waals surface area contributed by atoms with Crippen molar-refractivity contribution < 1.29 is 4.39 Å². The smallest absolute Gasteiger partial charge is 0.123 e. The van der Waals surface area contributed by atoms with Crippen molar-refractivity contribution in [2.45, 2.75) is 12.6 Å². The highest BCUT2D eigenvalue weighted by molar-refractivity contribution is 5.32. The number of likely N-dealkylation sites (N-methyl/N-ethyl adjacent to an activating group) is 1. The Balaban J connectivity index is 2.41. The molecule has 0 amide bonds. The molecule has 1 aliphatic heterocycles. The molecule has 0 bridgehead atoms. The maximum Gasteiger partial charge on any atom is 0.123 e. The van der Waals surface area contributed by atoms with Crippen molar-refractivity contribution in [3.63, 3.8) is 0 Å². The molecular weight excluding hydrogens is 179 g/mol. The SMILES string of the molecule is CN(C)C1CNCc2ccc(F)cc21. The number of benzene rings is 1. The van der Waals surface area contributed by atoms with E-state index in [4.69, 9.17) is 0 Å². The number of rotatable bonds is 1. The van der Waals surface area contributed by atoms with Crippen molar-refractivity contribution in [1.29, 1.82) is 0 Å². The third-order valence-electron chi connectivity index (χ3n) is 2.74. The highest BCUT2D eigenvalue weighted by atomic mass is 19.1. The minimum Gasteiger partial charge on any atom is -0.311 e. The maximum atomic E-state index is 13.1. The Labute approximate surface area is 83.7 Å². The second-order valence-electron chi connectivity index (χ2n) is 3.95. The Kier molecular flexibility index (Phi) is 2.52. The molecule has 0 saturated heterocycles. The molecule has 76 valence electrons. The van der Waals surface area contributed by atoms with Gasteiger partial charge in [0.15, 0.2) is 0 Å². The van der Waals surface area contributed by atoms with Gasteiger partial charge in [0, 0.05) is 19.1 Å². The topological polar surface area (TPSA) is 15.3 Å². The van der Waals surface area contributed by atoms with E-state index in [9.17, 15) is 4.39 Å². The number of fused-ring (bicyclic) bond motifs is 1. The number of nitrogens with one attached hydrogen (secondary N) is 1. The van der Waals surface area contributed by atoms with Crippen LogP contribution < -0.4 is 5.32 Å². The Morgan fingerprint density at radius 3 is 2.93 bits per heavy atom. The molecule has 0 fully saturated rings. The fraction of sp³-hybridized carbons (Fsp3) is 0.455. The quantitative estimate of drug-likeness (QED) is 0.729. The molecule has 2 rings (SSSR count). The molecular formula is C11H15FN2. The van der Waals surface area contributed by atoms with Crippen LogP contribution in [0.1, 0.15) is 17.2 Å². The summed E-state index contributed by atoms with van der Waals surface area (Å²) in [6.45, 7) is 1.74. The van der Waals surface area contributed by atoms with E-state index in [1.54, 1.807) is 6.07 Å². The lowest BCUT2D eigenvalue weighted by molar-refractivity contribution is 0.275. The molecule has 2 nitrogen and oxygen atoms in total. The van der Waals surface area contributed by atoms with E-state index in [1.165, 1.54) is 11.6 Å². The second kappa shape index (κ2) is 3.67.